The van der Waals surface area contributed by atoms with E-state index < -0.39 is 0 Å². The third-order valence-corrected chi connectivity index (χ3v) is 2.52. The van der Waals surface area contributed by atoms with Gasteiger partial charge in [0.1, 0.15) is 11.6 Å². The van der Waals surface area contributed by atoms with Crippen molar-refractivity contribution in [1.29, 1.82) is 0 Å². The first-order valence-electron chi connectivity index (χ1n) is 5.22. The molecule has 1 atom stereocenters. The standard InChI is InChI=1S/C10H20N4O/c1-8(15)5-6-13(3)7-10-12-11-9(2)14(10)4/h8,15H,5-7H2,1-4H3. The molecule has 0 aromatic carbocycles. The van der Waals surface area contributed by atoms with Gasteiger partial charge in [-0.15, -0.1) is 10.2 Å². The molecule has 5 heteroatoms. The summed E-state index contributed by atoms with van der Waals surface area (Å²) in [7, 11) is 3.99. The molecule has 1 N–H and O–H groups in total. The molecule has 0 amide bonds. The maximum absolute atomic E-state index is 9.17. The first-order valence-corrected chi connectivity index (χ1v) is 5.22. The van der Waals surface area contributed by atoms with Crippen LogP contribution >= 0.6 is 0 Å². The zero-order valence-electron chi connectivity index (χ0n) is 9.93. The lowest BCUT2D eigenvalue weighted by atomic mass is 10.3. The molecule has 0 spiro atoms. The Labute approximate surface area is 90.7 Å². The topological polar surface area (TPSA) is 54.2 Å². The molecule has 0 saturated carbocycles. The fourth-order valence-electron chi connectivity index (χ4n) is 1.32. The molecular formula is C10H20N4O. The molecule has 1 unspecified atom stereocenters. The summed E-state index contributed by atoms with van der Waals surface area (Å²) in [6.07, 6.45) is 0.543. The molecule has 1 rings (SSSR count). The maximum Gasteiger partial charge on any atom is 0.146 e. The van der Waals surface area contributed by atoms with Crippen molar-refractivity contribution in [2.75, 3.05) is 13.6 Å². The molecule has 1 heterocycles. The summed E-state index contributed by atoms with van der Waals surface area (Å²) < 4.78 is 1.98. The van der Waals surface area contributed by atoms with Crippen molar-refractivity contribution < 1.29 is 5.11 Å². The van der Waals surface area contributed by atoms with Gasteiger partial charge in [0.15, 0.2) is 0 Å². The number of hydrogen-bond donors (Lipinski definition) is 1. The van der Waals surface area contributed by atoms with Crippen LogP contribution < -0.4 is 0 Å². The number of aliphatic hydroxyl groups is 1. The van der Waals surface area contributed by atoms with Crippen LogP contribution in [-0.4, -0.2) is 44.5 Å². The van der Waals surface area contributed by atoms with E-state index in [2.05, 4.69) is 15.1 Å². The fraction of sp³-hybridized carbons (Fsp3) is 0.800. The first-order chi connectivity index (χ1) is 7.00. The van der Waals surface area contributed by atoms with Gasteiger partial charge in [-0.2, -0.15) is 0 Å². The molecule has 1 aromatic rings. The second kappa shape index (κ2) is 5.23. The van der Waals surface area contributed by atoms with Crippen molar-refractivity contribution in [3.8, 4) is 0 Å². The van der Waals surface area contributed by atoms with Gasteiger partial charge in [-0.25, -0.2) is 0 Å². The van der Waals surface area contributed by atoms with Crippen LogP contribution in [0.4, 0.5) is 0 Å². The van der Waals surface area contributed by atoms with Gasteiger partial charge in [0.2, 0.25) is 0 Å². The normalized spacial score (nSPS) is 13.5. The summed E-state index contributed by atoms with van der Waals surface area (Å²) in [6.45, 7) is 5.38. The fourth-order valence-corrected chi connectivity index (χ4v) is 1.32. The third kappa shape index (κ3) is 3.60. The Hall–Kier alpha value is -0.940. The SMILES string of the molecule is Cc1nnc(CN(C)CCC(C)O)n1C. The molecule has 0 saturated heterocycles. The van der Waals surface area contributed by atoms with Crippen LogP contribution in [0.3, 0.4) is 0 Å². The van der Waals surface area contributed by atoms with Crippen molar-refractivity contribution in [2.45, 2.75) is 32.9 Å². The monoisotopic (exact) mass is 212 g/mol. The summed E-state index contributed by atoms with van der Waals surface area (Å²) >= 11 is 0. The van der Waals surface area contributed by atoms with E-state index in [1.54, 1.807) is 6.92 Å². The minimum absolute atomic E-state index is 0.242. The molecule has 0 aliphatic heterocycles. The van der Waals surface area contributed by atoms with Crippen molar-refractivity contribution in [3.63, 3.8) is 0 Å². The Bertz CT molecular complexity index is 308. The van der Waals surface area contributed by atoms with Gasteiger partial charge in [-0.3, -0.25) is 4.90 Å². The number of aliphatic hydroxyl groups excluding tert-OH is 1. The van der Waals surface area contributed by atoms with E-state index in [0.29, 0.717) is 0 Å². The largest absolute Gasteiger partial charge is 0.393 e. The average Bonchev–Trinajstić information content (AvgIpc) is 2.47. The molecule has 0 aliphatic rings. The van der Waals surface area contributed by atoms with Crippen molar-refractivity contribution in [1.82, 2.24) is 19.7 Å². The van der Waals surface area contributed by atoms with Crippen LogP contribution in [0.2, 0.25) is 0 Å². The zero-order chi connectivity index (χ0) is 11.4. The van der Waals surface area contributed by atoms with Crippen LogP contribution in [0, 0.1) is 6.92 Å². The van der Waals surface area contributed by atoms with Crippen molar-refractivity contribution in [3.05, 3.63) is 11.6 Å². The average molecular weight is 212 g/mol. The molecule has 0 radical (unpaired) electrons. The first kappa shape index (κ1) is 12.1. The third-order valence-electron chi connectivity index (χ3n) is 2.52. The minimum atomic E-state index is -0.242. The van der Waals surface area contributed by atoms with Gasteiger partial charge in [-0.05, 0) is 27.3 Å². The van der Waals surface area contributed by atoms with Crippen LogP contribution in [0.25, 0.3) is 0 Å². The lowest BCUT2D eigenvalue weighted by Crippen LogP contribution is -2.23. The van der Waals surface area contributed by atoms with Crippen LogP contribution in [0.5, 0.6) is 0 Å². The highest BCUT2D eigenvalue weighted by molar-refractivity contribution is 4.92. The summed E-state index contributed by atoms with van der Waals surface area (Å²) in [5, 5.41) is 17.3. The number of aromatic nitrogens is 3. The Morgan fingerprint density at radius 3 is 2.60 bits per heavy atom. The van der Waals surface area contributed by atoms with Gasteiger partial charge in [0.25, 0.3) is 0 Å². The quantitative estimate of drug-likeness (QED) is 0.764. The van der Waals surface area contributed by atoms with E-state index in [1.165, 1.54) is 0 Å². The second-order valence-corrected chi connectivity index (χ2v) is 4.10. The highest BCUT2D eigenvalue weighted by atomic mass is 16.3. The van der Waals surface area contributed by atoms with Gasteiger partial charge >= 0.3 is 0 Å². The predicted octanol–water partition coefficient (Wildman–Crippen LogP) is 0.326. The molecule has 1 aromatic heterocycles. The van der Waals surface area contributed by atoms with Gasteiger partial charge in [0, 0.05) is 13.6 Å². The molecular weight excluding hydrogens is 192 g/mol. The summed E-state index contributed by atoms with van der Waals surface area (Å²) in [4.78, 5) is 2.14. The van der Waals surface area contributed by atoms with E-state index in [4.69, 9.17) is 5.11 Å². The molecule has 86 valence electrons. The number of hydrogen-bond acceptors (Lipinski definition) is 4. The maximum atomic E-state index is 9.17. The number of rotatable bonds is 5. The highest BCUT2D eigenvalue weighted by Crippen LogP contribution is 2.02. The molecule has 0 fully saturated rings. The predicted molar refractivity (Wildman–Crippen MR) is 58.4 cm³/mol. The van der Waals surface area contributed by atoms with E-state index in [-0.39, 0.29) is 6.10 Å². The summed E-state index contributed by atoms with van der Waals surface area (Å²) in [6, 6.07) is 0. The Balaban J connectivity index is 2.44. The van der Waals surface area contributed by atoms with Gasteiger partial charge in [-0.1, -0.05) is 0 Å². The summed E-state index contributed by atoms with van der Waals surface area (Å²) in [5.74, 6) is 1.88. The van der Waals surface area contributed by atoms with Crippen LogP contribution in [0.15, 0.2) is 0 Å². The lowest BCUT2D eigenvalue weighted by Gasteiger charge is -2.16. The minimum Gasteiger partial charge on any atom is -0.393 e. The van der Waals surface area contributed by atoms with E-state index in [1.807, 2.05) is 25.6 Å². The van der Waals surface area contributed by atoms with E-state index in [0.717, 1.165) is 31.2 Å². The van der Waals surface area contributed by atoms with Crippen LogP contribution in [-0.2, 0) is 13.6 Å². The number of aryl methyl sites for hydroxylation is 1. The molecule has 5 nitrogen and oxygen atoms in total. The van der Waals surface area contributed by atoms with Gasteiger partial charge in [0.05, 0.1) is 12.6 Å². The Morgan fingerprint density at radius 1 is 1.47 bits per heavy atom. The van der Waals surface area contributed by atoms with Crippen molar-refractivity contribution in [2.24, 2.45) is 7.05 Å². The molecule has 0 bridgehead atoms. The van der Waals surface area contributed by atoms with E-state index >= 15 is 0 Å². The lowest BCUT2D eigenvalue weighted by molar-refractivity contribution is 0.161. The molecule has 15 heavy (non-hydrogen) atoms. The van der Waals surface area contributed by atoms with Crippen molar-refractivity contribution >= 4 is 0 Å². The van der Waals surface area contributed by atoms with Crippen LogP contribution in [0.1, 0.15) is 25.0 Å². The van der Waals surface area contributed by atoms with Gasteiger partial charge < -0.3 is 9.67 Å². The number of nitrogens with zero attached hydrogens (tertiary/aromatic N) is 4. The highest BCUT2D eigenvalue weighted by Gasteiger charge is 2.08. The second-order valence-electron chi connectivity index (χ2n) is 4.10. The zero-order valence-corrected chi connectivity index (χ0v) is 9.93. The Kier molecular flexibility index (Phi) is 4.23. The smallest absolute Gasteiger partial charge is 0.146 e. The molecule has 0 aliphatic carbocycles. The van der Waals surface area contributed by atoms with E-state index in [9.17, 15) is 0 Å². The summed E-state index contributed by atoms with van der Waals surface area (Å²) in [5.41, 5.74) is 0. The Morgan fingerprint density at radius 2 is 2.13 bits per heavy atom.